The maximum atomic E-state index is 12.7. The van der Waals surface area contributed by atoms with Crippen molar-refractivity contribution in [3.05, 3.63) is 29.8 Å². The van der Waals surface area contributed by atoms with Gasteiger partial charge in [-0.05, 0) is 25.0 Å². The van der Waals surface area contributed by atoms with Crippen molar-refractivity contribution in [1.29, 1.82) is 0 Å². The number of nitrogens with zero attached hydrogens (tertiary/aromatic N) is 1. The van der Waals surface area contributed by atoms with Crippen LogP contribution in [0, 0.1) is 5.92 Å². The third-order valence-electron chi connectivity index (χ3n) is 4.25. The van der Waals surface area contributed by atoms with Gasteiger partial charge in [-0.15, -0.1) is 0 Å². The molecule has 0 bridgehead atoms. The summed E-state index contributed by atoms with van der Waals surface area (Å²) in [4.78, 5) is 14.6. The van der Waals surface area contributed by atoms with Crippen LogP contribution in [0.1, 0.15) is 12.5 Å². The Kier molecular flexibility index (Phi) is 3.78. The molecule has 0 spiro atoms. The summed E-state index contributed by atoms with van der Waals surface area (Å²) < 4.78 is 11.4. The van der Waals surface area contributed by atoms with E-state index in [1.165, 1.54) is 5.56 Å². The Balaban J connectivity index is 1.74. The molecule has 1 amide bonds. The first kappa shape index (κ1) is 13.6. The number of carbonyl (C=O) groups is 1. The van der Waals surface area contributed by atoms with Crippen LogP contribution in [0.15, 0.2) is 24.3 Å². The molecule has 4 nitrogen and oxygen atoms in total. The maximum absolute atomic E-state index is 12.7. The SMILES string of the molecule is CC1Nc2ccccc2CC1C(=O)N1CCS(=O)CC1. The van der Waals surface area contributed by atoms with Crippen LogP contribution < -0.4 is 5.32 Å². The van der Waals surface area contributed by atoms with Crippen molar-refractivity contribution in [2.45, 2.75) is 19.4 Å². The second-order valence-corrected chi connectivity index (χ2v) is 7.27. The average Bonchev–Trinajstić information content (AvgIpc) is 2.46. The Hall–Kier alpha value is -1.36. The number of fused-ring (bicyclic) bond motifs is 1. The van der Waals surface area contributed by atoms with E-state index in [-0.39, 0.29) is 17.9 Å². The summed E-state index contributed by atoms with van der Waals surface area (Å²) in [6.07, 6.45) is 0.794. The van der Waals surface area contributed by atoms with Gasteiger partial charge in [0.2, 0.25) is 5.91 Å². The molecule has 0 saturated carbocycles. The standard InChI is InChI=1S/C15H20N2O2S/c1-11-13(10-12-4-2-3-5-14(12)16-11)15(18)17-6-8-20(19)9-7-17/h2-5,11,13,16H,6-10H2,1H3. The molecule has 3 rings (SSSR count). The molecule has 0 aromatic heterocycles. The van der Waals surface area contributed by atoms with Crippen molar-refractivity contribution in [3.63, 3.8) is 0 Å². The summed E-state index contributed by atoms with van der Waals surface area (Å²) in [5, 5.41) is 3.43. The number of benzene rings is 1. The molecule has 1 aromatic rings. The molecular weight excluding hydrogens is 272 g/mol. The van der Waals surface area contributed by atoms with Crippen molar-refractivity contribution < 1.29 is 9.00 Å². The van der Waals surface area contributed by atoms with Crippen molar-refractivity contribution >= 4 is 22.4 Å². The smallest absolute Gasteiger partial charge is 0.228 e. The number of amides is 1. The molecule has 20 heavy (non-hydrogen) atoms. The highest BCUT2D eigenvalue weighted by atomic mass is 32.2. The van der Waals surface area contributed by atoms with Gasteiger partial charge in [0, 0.05) is 47.1 Å². The van der Waals surface area contributed by atoms with Gasteiger partial charge in [0.1, 0.15) is 0 Å². The first-order valence-corrected chi connectivity index (χ1v) is 8.62. The number of anilines is 1. The van der Waals surface area contributed by atoms with Crippen LogP contribution in [-0.2, 0) is 22.0 Å². The number of carbonyl (C=O) groups excluding carboxylic acids is 1. The van der Waals surface area contributed by atoms with Crippen molar-refractivity contribution in [3.8, 4) is 0 Å². The number of hydrogen-bond acceptors (Lipinski definition) is 3. The molecular formula is C15H20N2O2S. The zero-order valence-electron chi connectivity index (χ0n) is 11.7. The molecule has 2 aliphatic rings. The molecule has 108 valence electrons. The van der Waals surface area contributed by atoms with Crippen molar-refractivity contribution in [2.24, 2.45) is 5.92 Å². The van der Waals surface area contributed by atoms with E-state index < -0.39 is 10.8 Å². The fourth-order valence-electron chi connectivity index (χ4n) is 2.99. The summed E-state index contributed by atoms with van der Waals surface area (Å²) in [5.41, 5.74) is 2.35. The lowest BCUT2D eigenvalue weighted by Gasteiger charge is -2.36. The van der Waals surface area contributed by atoms with Gasteiger partial charge in [-0.3, -0.25) is 9.00 Å². The van der Waals surface area contributed by atoms with Gasteiger partial charge >= 0.3 is 0 Å². The van der Waals surface area contributed by atoms with E-state index in [2.05, 4.69) is 24.4 Å². The van der Waals surface area contributed by atoms with E-state index >= 15 is 0 Å². The lowest BCUT2D eigenvalue weighted by Crippen LogP contribution is -2.49. The predicted octanol–water partition coefficient (Wildman–Crippen LogP) is 1.25. The molecule has 1 saturated heterocycles. The van der Waals surface area contributed by atoms with E-state index in [4.69, 9.17) is 0 Å². The highest BCUT2D eigenvalue weighted by Gasteiger charge is 2.34. The Labute approximate surface area is 122 Å². The van der Waals surface area contributed by atoms with Gasteiger partial charge < -0.3 is 10.2 Å². The quantitative estimate of drug-likeness (QED) is 0.847. The summed E-state index contributed by atoms with van der Waals surface area (Å²) in [5.74, 6) is 1.43. The highest BCUT2D eigenvalue weighted by molar-refractivity contribution is 7.85. The minimum absolute atomic E-state index is 0.0172. The van der Waals surface area contributed by atoms with Gasteiger partial charge in [-0.2, -0.15) is 0 Å². The molecule has 0 aliphatic carbocycles. The monoisotopic (exact) mass is 292 g/mol. The van der Waals surface area contributed by atoms with Gasteiger partial charge in [0.25, 0.3) is 0 Å². The van der Waals surface area contributed by atoms with Gasteiger partial charge in [0.15, 0.2) is 0 Å². The second-order valence-electron chi connectivity index (χ2n) is 5.57. The fraction of sp³-hybridized carbons (Fsp3) is 0.533. The third kappa shape index (κ3) is 2.59. The van der Waals surface area contributed by atoms with Crippen LogP contribution in [0.25, 0.3) is 0 Å². The van der Waals surface area contributed by atoms with E-state index in [1.54, 1.807) is 0 Å². The molecule has 2 unspecified atom stereocenters. The Bertz CT molecular complexity index is 536. The lowest BCUT2D eigenvalue weighted by molar-refractivity contribution is -0.135. The van der Waals surface area contributed by atoms with Crippen LogP contribution in [0.5, 0.6) is 0 Å². The average molecular weight is 292 g/mol. The molecule has 1 aromatic carbocycles. The highest BCUT2D eigenvalue weighted by Crippen LogP contribution is 2.29. The van der Waals surface area contributed by atoms with E-state index in [0.29, 0.717) is 24.6 Å². The summed E-state index contributed by atoms with van der Waals surface area (Å²) in [6, 6.07) is 8.32. The molecule has 2 heterocycles. The number of nitrogens with one attached hydrogen (secondary N) is 1. The molecule has 0 radical (unpaired) electrons. The minimum Gasteiger partial charge on any atom is -0.382 e. The zero-order chi connectivity index (χ0) is 14.1. The van der Waals surface area contributed by atoms with Gasteiger partial charge in [-0.25, -0.2) is 0 Å². The van der Waals surface area contributed by atoms with Crippen molar-refractivity contribution in [1.82, 2.24) is 4.90 Å². The Morgan fingerprint density at radius 3 is 2.75 bits per heavy atom. The van der Waals surface area contributed by atoms with Crippen LogP contribution >= 0.6 is 0 Å². The number of hydrogen-bond donors (Lipinski definition) is 1. The molecule has 1 N–H and O–H groups in total. The largest absolute Gasteiger partial charge is 0.382 e. The topological polar surface area (TPSA) is 49.4 Å². The van der Waals surface area contributed by atoms with Gasteiger partial charge in [-0.1, -0.05) is 18.2 Å². The molecule has 1 fully saturated rings. The van der Waals surface area contributed by atoms with E-state index in [0.717, 1.165) is 12.1 Å². The summed E-state index contributed by atoms with van der Waals surface area (Å²) >= 11 is 0. The van der Waals surface area contributed by atoms with Crippen LogP contribution in [-0.4, -0.2) is 45.7 Å². The first-order valence-electron chi connectivity index (χ1n) is 7.13. The molecule has 2 atom stereocenters. The maximum Gasteiger partial charge on any atom is 0.228 e. The Morgan fingerprint density at radius 1 is 1.30 bits per heavy atom. The second kappa shape index (κ2) is 5.56. The zero-order valence-corrected chi connectivity index (χ0v) is 12.5. The normalized spacial score (nSPS) is 26.8. The third-order valence-corrected chi connectivity index (χ3v) is 5.53. The number of rotatable bonds is 1. The van der Waals surface area contributed by atoms with E-state index in [9.17, 15) is 9.00 Å². The Morgan fingerprint density at radius 2 is 2.00 bits per heavy atom. The lowest BCUT2D eigenvalue weighted by atomic mass is 9.87. The predicted molar refractivity (Wildman–Crippen MR) is 81.2 cm³/mol. The van der Waals surface area contributed by atoms with Crippen LogP contribution in [0.4, 0.5) is 5.69 Å². The van der Waals surface area contributed by atoms with Gasteiger partial charge in [0.05, 0.1) is 5.92 Å². The number of para-hydroxylation sites is 1. The molecule has 2 aliphatic heterocycles. The van der Waals surface area contributed by atoms with E-state index in [1.807, 2.05) is 17.0 Å². The summed E-state index contributed by atoms with van der Waals surface area (Å²) in [7, 11) is -0.737. The molecule has 5 heteroatoms. The minimum atomic E-state index is -0.737. The fourth-order valence-corrected chi connectivity index (χ4v) is 4.04. The van der Waals surface area contributed by atoms with Crippen LogP contribution in [0.2, 0.25) is 0 Å². The first-order chi connectivity index (χ1) is 9.65. The van der Waals surface area contributed by atoms with Crippen LogP contribution in [0.3, 0.4) is 0 Å². The summed E-state index contributed by atoms with van der Waals surface area (Å²) in [6.45, 7) is 3.34. The van der Waals surface area contributed by atoms with Crippen molar-refractivity contribution in [2.75, 3.05) is 29.9 Å².